The van der Waals surface area contributed by atoms with Crippen molar-refractivity contribution < 1.29 is 4.52 Å². The van der Waals surface area contributed by atoms with Crippen molar-refractivity contribution >= 4 is 5.57 Å². The van der Waals surface area contributed by atoms with E-state index in [1.165, 1.54) is 12.0 Å². The Morgan fingerprint density at radius 2 is 2.50 bits per heavy atom. The lowest BCUT2D eigenvalue weighted by molar-refractivity contribution is 0.404. The maximum absolute atomic E-state index is 5.27. The molecule has 1 aromatic rings. The molecule has 1 N–H and O–H groups in total. The molecule has 1 saturated heterocycles. The molecule has 0 amide bonds. The first kappa shape index (κ1) is 8.24. The van der Waals surface area contributed by atoms with Crippen LogP contribution in [0.15, 0.2) is 16.7 Å². The van der Waals surface area contributed by atoms with Gasteiger partial charge in [0.25, 0.3) is 0 Å². The fourth-order valence-electron chi connectivity index (χ4n) is 2.47. The molecule has 1 fully saturated rings. The second kappa shape index (κ2) is 2.95. The Hall–Kier alpha value is -1.09. The lowest BCUT2D eigenvalue weighted by Crippen LogP contribution is -2.22. The van der Waals surface area contributed by atoms with E-state index < -0.39 is 0 Å². The normalized spacial score (nSPS) is 30.5. The van der Waals surface area contributed by atoms with Crippen LogP contribution in [-0.2, 0) is 0 Å². The first-order valence-electron chi connectivity index (χ1n) is 5.21. The zero-order valence-corrected chi connectivity index (χ0v) is 8.29. The van der Waals surface area contributed by atoms with Gasteiger partial charge in [-0.25, -0.2) is 0 Å². The van der Waals surface area contributed by atoms with Gasteiger partial charge >= 0.3 is 0 Å². The molecule has 0 radical (unpaired) electrons. The Labute approximate surface area is 83.2 Å². The SMILES string of the molecule is Cc1cc(C2=C[C@@H]3CCN[C@@H]3C2)on1. The average molecular weight is 190 g/mol. The van der Waals surface area contributed by atoms with Gasteiger partial charge in [0, 0.05) is 12.1 Å². The topological polar surface area (TPSA) is 38.1 Å². The summed E-state index contributed by atoms with van der Waals surface area (Å²) in [6, 6.07) is 2.67. The van der Waals surface area contributed by atoms with Crippen LogP contribution >= 0.6 is 0 Å². The molecule has 0 spiro atoms. The van der Waals surface area contributed by atoms with E-state index in [1.54, 1.807) is 0 Å². The molecular weight excluding hydrogens is 176 g/mol. The van der Waals surface area contributed by atoms with Crippen molar-refractivity contribution in [3.8, 4) is 0 Å². The molecule has 14 heavy (non-hydrogen) atoms. The lowest BCUT2D eigenvalue weighted by Gasteiger charge is -2.06. The van der Waals surface area contributed by atoms with Crippen molar-refractivity contribution in [1.29, 1.82) is 0 Å². The van der Waals surface area contributed by atoms with Crippen LogP contribution in [0.4, 0.5) is 0 Å². The third-order valence-corrected chi connectivity index (χ3v) is 3.20. The van der Waals surface area contributed by atoms with Crippen LogP contribution in [0.25, 0.3) is 5.57 Å². The van der Waals surface area contributed by atoms with Crippen LogP contribution in [0.1, 0.15) is 24.3 Å². The summed E-state index contributed by atoms with van der Waals surface area (Å²) < 4.78 is 5.27. The molecule has 1 aliphatic carbocycles. The zero-order valence-electron chi connectivity index (χ0n) is 8.29. The molecular formula is C11H14N2O. The Morgan fingerprint density at radius 1 is 1.57 bits per heavy atom. The molecule has 2 aliphatic rings. The molecule has 74 valence electrons. The summed E-state index contributed by atoms with van der Waals surface area (Å²) in [5.74, 6) is 1.68. The van der Waals surface area contributed by atoms with E-state index in [2.05, 4.69) is 16.5 Å². The van der Waals surface area contributed by atoms with E-state index in [-0.39, 0.29) is 0 Å². The van der Waals surface area contributed by atoms with Gasteiger partial charge in [0.05, 0.1) is 5.69 Å². The smallest absolute Gasteiger partial charge is 0.162 e. The van der Waals surface area contributed by atoms with Gasteiger partial charge in [0.15, 0.2) is 5.76 Å². The molecule has 3 heteroatoms. The van der Waals surface area contributed by atoms with Crippen LogP contribution in [0.3, 0.4) is 0 Å². The summed E-state index contributed by atoms with van der Waals surface area (Å²) >= 11 is 0. The highest BCUT2D eigenvalue weighted by atomic mass is 16.5. The zero-order chi connectivity index (χ0) is 9.54. The van der Waals surface area contributed by atoms with Crippen LogP contribution < -0.4 is 5.32 Å². The fraction of sp³-hybridized carbons (Fsp3) is 0.545. The number of aromatic nitrogens is 1. The number of hydrogen-bond acceptors (Lipinski definition) is 3. The van der Waals surface area contributed by atoms with Gasteiger partial charge in [0.2, 0.25) is 0 Å². The Bertz CT molecular complexity index is 380. The maximum Gasteiger partial charge on any atom is 0.162 e. The van der Waals surface area contributed by atoms with Crippen molar-refractivity contribution in [2.24, 2.45) is 5.92 Å². The second-order valence-corrected chi connectivity index (χ2v) is 4.24. The van der Waals surface area contributed by atoms with E-state index in [9.17, 15) is 0 Å². The number of nitrogens with one attached hydrogen (secondary N) is 1. The number of fused-ring (bicyclic) bond motifs is 1. The number of aryl methyl sites for hydroxylation is 1. The van der Waals surface area contributed by atoms with E-state index >= 15 is 0 Å². The van der Waals surface area contributed by atoms with Crippen LogP contribution in [-0.4, -0.2) is 17.7 Å². The summed E-state index contributed by atoms with van der Waals surface area (Å²) in [5, 5.41) is 7.43. The molecule has 2 heterocycles. The van der Waals surface area contributed by atoms with Crippen molar-refractivity contribution in [3.63, 3.8) is 0 Å². The molecule has 3 rings (SSSR count). The van der Waals surface area contributed by atoms with Crippen LogP contribution in [0, 0.1) is 12.8 Å². The summed E-state index contributed by atoms with van der Waals surface area (Å²) in [4.78, 5) is 0. The third kappa shape index (κ3) is 1.20. The minimum atomic E-state index is 0.649. The van der Waals surface area contributed by atoms with Gasteiger partial charge < -0.3 is 9.84 Å². The standard InChI is InChI=1S/C11H14N2O/c1-7-4-11(14-13-7)9-5-8-2-3-12-10(8)6-9/h4-5,8,10,12H,2-3,6H2,1H3/t8-,10+/m0/s1. The number of nitrogens with zero attached hydrogens (tertiary/aromatic N) is 1. The highest BCUT2D eigenvalue weighted by Crippen LogP contribution is 2.36. The monoisotopic (exact) mass is 190 g/mol. The number of hydrogen-bond donors (Lipinski definition) is 1. The molecule has 3 nitrogen and oxygen atoms in total. The maximum atomic E-state index is 5.27. The largest absolute Gasteiger partial charge is 0.356 e. The highest BCUT2D eigenvalue weighted by molar-refractivity contribution is 5.65. The van der Waals surface area contributed by atoms with Crippen molar-refractivity contribution in [3.05, 3.63) is 23.6 Å². The minimum Gasteiger partial charge on any atom is -0.356 e. The van der Waals surface area contributed by atoms with E-state index in [4.69, 9.17) is 4.52 Å². The molecule has 0 saturated carbocycles. The van der Waals surface area contributed by atoms with Gasteiger partial charge in [-0.15, -0.1) is 0 Å². The Balaban J connectivity index is 1.87. The molecule has 0 aromatic carbocycles. The molecule has 0 unspecified atom stereocenters. The summed E-state index contributed by atoms with van der Waals surface area (Å²) in [6.45, 7) is 3.12. The van der Waals surface area contributed by atoms with Gasteiger partial charge in [0.1, 0.15) is 0 Å². The van der Waals surface area contributed by atoms with Gasteiger partial charge in [-0.05, 0) is 37.8 Å². The van der Waals surface area contributed by atoms with Crippen molar-refractivity contribution in [2.45, 2.75) is 25.8 Å². The highest BCUT2D eigenvalue weighted by Gasteiger charge is 2.32. The second-order valence-electron chi connectivity index (χ2n) is 4.24. The molecule has 2 atom stereocenters. The minimum absolute atomic E-state index is 0.649. The van der Waals surface area contributed by atoms with Gasteiger partial charge in [-0.1, -0.05) is 11.2 Å². The van der Waals surface area contributed by atoms with E-state index in [0.717, 1.165) is 30.3 Å². The predicted octanol–water partition coefficient (Wildman–Crippen LogP) is 1.75. The van der Waals surface area contributed by atoms with E-state index in [1.807, 2.05) is 13.0 Å². The fourth-order valence-corrected chi connectivity index (χ4v) is 2.47. The summed E-state index contributed by atoms with van der Waals surface area (Å²) in [7, 11) is 0. The Kier molecular flexibility index (Phi) is 1.74. The van der Waals surface area contributed by atoms with Crippen molar-refractivity contribution in [2.75, 3.05) is 6.54 Å². The molecule has 0 bridgehead atoms. The van der Waals surface area contributed by atoms with Crippen molar-refractivity contribution in [1.82, 2.24) is 10.5 Å². The number of rotatable bonds is 1. The molecule has 1 aliphatic heterocycles. The van der Waals surface area contributed by atoms with Gasteiger partial charge in [-0.3, -0.25) is 0 Å². The first-order valence-corrected chi connectivity index (χ1v) is 5.21. The average Bonchev–Trinajstić information content (AvgIpc) is 2.75. The summed E-state index contributed by atoms with van der Waals surface area (Å²) in [5.41, 5.74) is 2.29. The predicted molar refractivity (Wildman–Crippen MR) is 53.7 cm³/mol. The third-order valence-electron chi connectivity index (χ3n) is 3.20. The van der Waals surface area contributed by atoms with Crippen LogP contribution in [0.5, 0.6) is 0 Å². The Morgan fingerprint density at radius 3 is 3.21 bits per heavy atom. The van der Waals surface area contributed by atoms with Crippen LogP contribution in [0.2, 0.25) is 0 Å². The quantitative estimate of drug-likeness (QED) is 0.733. The van der Waals surface area contributed by atoms with E-state index in [0.29, 0.717) is 6.04 Å². The van der Waals surface area contributed by atoms with Gasteiger partial charge in [-0.2, -0.15) is 0 Å². The first-order chi connectivity index (χ1) is 6.83. The lowest BCUT2D eigenvalue weighted by atomic mass is 10.1. The summed E-state index contributed by atoms with van der Waals surface area (Å²) in [6.07, 6.45) is 4.71. The molecule has 1 aromatic heterocycles.